The lowest BCUT2D eigenvalue weighted by atomic mass is 9.98. The number of halogens is 1. The van der Waals surface area contributed by atoms with Gasteiger partial charge < -0.3 is 14.4 Å². The Morgan fingerprint density at radius 2 is 2.00 bits per heavy atom. The van der Waals surface area contributed by atoms with Crippen molar-refractivity contribution in [1.82, 2.24) is 4.90 Å². The Morgan fingerprint density at radius 3 is 2.65 bits per heavy atom. The van der Waals surface area contributed by atoms with Gasteiger partial charge in [-0.2, -0.15) is 0 Å². The largest absolute Gasteiger partial charge is 0.428 e. The number of alkyl halides is 1. The maximum Gasteiger partial charge on any atom is 0.333 e. The van der Waals surface area contributed by atoms with E-state index in [0.29, 0.717) is 0 Å². The zero-order valence-electron chi connectivity index (χ0n) is 13.5. The molecule has 0 saturated carbocycles. The molecule has 1 amide bonds. The second-order valence-corrected chi connectivity index (χ2v) is 7.99. The summed E-state index contributed by atoms with van der Waals surface area (Å²) in [6.45, 7) is 5.07. The monoisotopic (exact) mass is 347 g/mol. The molecule has 3 atom stereocenters. The zero-order chi connectivity index (χ0) is 17.2. The number of β-lactam (4-membered cyclic amide) rings is 1. The van der Waals surface area contributed by atoms with Crippen molar-refractivity contribution in [2.75, 3.05) is 6.79 Å². The van der Waals surface area contributed by atoms with Crippen molar-refractivity contribution in [2.24, 2.45) is 0 Å². The van der Waals surface area contributed by atoms with Crippen molar-refractivity contribution >= 4 is 29.6 Å². The number of rotatable bonds is 7. The third-order valence-corrected chi connectivity index (χ3v) is 5.54. The molecule has 130 valence electrons. The van der Waals surface area contributed by atoms with Gasteiger partial charge in [-0.3, -0.25) is 9.59 Å². The number of hydrogen-bond acceptors (Lipinski definition) is 6. The molecule has 0 bridgehead atoms. The highest BCUT2D eigenvalue weighted by molar-refractivity contribution is 8.01. The fourth-order valence-corrected chi connectivity index (χ4v) is 4.31. The molecule has 0 aromatic rings. The molecule has 8 heteroatoms. The Hall–Kier alpha value is -1.31. The molecule has 2 aliphatic rings. The SMILES string of the molecule is CCCCCC(=O)OCOC(=O)[C@@H]1N2C(=O)[C@@H](F)[C@H]2SC1(C)C. The maximum absolute atomic E-state index is 13.5. The number of esters is 2. The van der Waals surface area contributed by atoms with Gasteiger partial charge in [0.15, 0.2) is 0 Å². The number of amides is 1. The van der Waals surface area contributed by atoms with Crippen LogP contribution in [0.1, 0.15) is 46.5 Å². The predicted molar refractivity (Wildman–Crippen MR) is 82.2 cm³/mol. The van der Waals surface area contributed by atoms with E-state index >= 15 is 0 Å². The number of carbonyl (C=O) groups is 3. The van der Waals surface area contributed by atoms with Gasteiger partial charge >= 0.3 is 11.9 Å². The van der Waals surface area contributed by atoms with Gasteiger partial charge in [0.2, 0.25) is 13.0 Å². The Kier molecular flexibility index (Phi) is 5.54. The number of hydrogen-bond donors (Lipinski definition) is 0. The van der Waals surface area contributed by atoms with Crippen LogP contribution in [0.4, 0.5) is 4.39 Å². The van der Waals surface area contributed by atoms with E-state index in [1.54, 1.807) is 13.8 Å². The molecular formula is C15H22FNO5S. The normalized spacial score (nSPS) is 28.1. The third kappa shape index (κ3) is 3.62. The molecule has 2 saturated heterocycles. The van der Waals surface area contributed by atoms with Crippen molar-refractivity contribution in [3.63, 3.8) is 0 Å². The summed E-state index contributed by atoms with van der Waals surface area (Å²) in [5, 5.41) is -0.633. The van der Waals surface area contributed by atoms with Crippen LogP contribution in [0.25, 0.3) is 0 Å². The second-order valence-electron chi connectivity index (χ2n) is 6.22. The van der Waals surface area contributed by atoms with Gasteiger partial charge in [0, 0.05) is 11.2 Å². The van der Waals surface area contributed by atoms with E-state index in [4.69, 9.17) is 9.47 Å². The summed E-state index contributed by atoms with van der Waals surface area (Å²) in [5.74, 6) is -1.79. The van der Waals surface area contributed by atoms with Crippen LogP contribution in [-0.2, 0) is 23.9 Å². The minimum atomic E-state index is -1.56. The van der Waals surface area contributed by atoms with Crippen molar-refractivity contribution in [3.8, 4) is 0 Å². The van der Waals surface area contributed by atoms with E-state index in [9.17, 15) is 18.8 Å². The number of thioether (sulfide) groups is 1. The van der Waals surface area contributed by atoms with Crippen molar-refractivity contribution in [1.29, 1.82) is 0 Å². The first-order valence-electron chi connectivity index (χ1n) is 7.76. The molecule has 23 heavy (non-hydrogen) atoms. The van der Waals surface area contributed by atoms with E-state index in [-0.39, 0.29) is 6.42 Å². The summed E-state index contributed by atoms with van der Waals surface area (Å²) in [6.07, 6.45) is 1.39. The standard InChI is InChI=1S/C15H22FNO5S/c1-4-5-6-7-9(18)21-8-22-14(20)11-15(2,3)23-13-10(16)12(19)17(11)13/h10-11,13H,4-8H2,1-3H3/t10-,11+,13-/m1/s1. The molecule has 2 aliphatic heterocycles. The van der Waals surface area contributed by atoms with Gasteiger partial charge in [-0.25, -0.2) is 9.18 Å². The molecule has 2 rings (SSSR count). The number of unbranched alkanes of at least 4 members (excludes halogenated alkanes) is 2. The van der Waals surface area contributed by atoms with Crippen molar-refractivity contribution < 1.29 is 28.2 Å². The average molecular weight is 347 g/mol. The molecule has 2 fully saturated rings. The Morgan fingerprint density at radius 1 is 1.30 bits per heavy atom. The summed E-state index contributed by atoms with van der Waals surface area (Å²) in [7, 11) is 0. The molecule has 0 spiro atoms. The molecule has 0 N–H and O–H groups in total. The summed E-state index contributed by atoms with van der Waals surface area (Å²) < 4.78 is 22.7. The van der Waals surface area contributed by atoms with Crippen LogP contribution in [0.15, 0.2) is 0 Å². The first-order valence-corrected chi connectivity index (χ1v) is 8.64. The van der Waals surface area contributed by atoms with E-state index < -0.39 is 47.0 Å². The number of nitrogens with zero attached hydrogens (tertiary/aromatic N) is 1. The Labute approximate surface area is 139 Å². The fraction of sp³-hybridized carbons (Fsp3) is 0.800. The molecule has 6 nitrogen and oxygen atoms in total. The van der Waals surface area contributed by atoms with Crippen LogP contribution in [0.5, 0.6) is 0 Å². The van der Waals surface area contributed by atoms with Crippen molar-refractivity contribution in [3.05, 3.63) is 0 Å². The highest BCUT2D eigenvalue weighted by Crippen LogP contribution is 2.51. The fourth-order valence-electron chi connectivity index (χ4n) is 2.77. The zero-order valence-corrected chi connectivity index (χ0v) is 14.4. The summed E-state index contributed by atoms with van der Waals surface area (Å²) in [6, 6.07) is -0.865. The minimum absolute atomic E-state index is 0.284. The van der Waals surface area contributed by atoms with Gasteiger partial charge in [-0.1, -0.05) is 19.8 Å². The van der Waals surface area contributed by atoms with Gasteiger partial charge in [0.05, 0.1) is 0 Å². The van der Waals surface area contributed by atoms with Crippen LogP contribution >= 0.6 is 11.8 Å². The quantitative estimate of drug-likeness (QED) is 0.304. The highest BCUT2D eigenvalue weighted by Gasteiger charge is 2.64. The third-order valence-electron chi connectivity index (χ3n) is 4.00. The summed E-state index contributed by atoms with van der Waals surface area (Å²) >= 11 is 1.24. The van der Waals surface area contributed by atoms with E-state index in [2.05, 4.69) is 0 Å². The van der Waals surface area contributed by atoms with Crippen LogP contribution in [-0.4, -0.2) is 51.9 Å². The molecule has 0 aromatic heterocycles. The molecule has 2 heterocycles. The molecule has 0 aromatic carbocycles. The Bertz CT molecular complexity index is 498. The Balaban J connectivity index is 1.81. The number of carbonyl (C=O) groups excluding carboxylic acids is 3. The lowest BCUT2D eigenvalue weighted by Gasteiger charge is -2.39. The van der Waals surface area contributed by atoms with Crippen LogP contribution in [0, 0.1) is 0 Å². The average Bonchev–Trinajstić information content (AvgIpc) is 2.75. The highest BCUT2D eigenvalue weighted by atomic mass is 32.2. The lowest BCUT2D eigenvalue weighted by Crippen LogP contribution is -2.64. The van der Waals surface area contributed by atoms with Crippen LogP contribution in [0.2, 0.25) is 0 Å². The molecule has 0 radical (unpaired) electrons. The first-order chi connectivity index (χ1) is 10.8. The molecular weight excluding hydrogens is 325 g/mol. The molecule has 0 unspecified atom stereocenters. The summed E-state index contributed by atoms with van der Waals surface area (Å²) in [4.78, 5) is 36.5. The maximum atomic E-state index is 13.5. The van der Waals surface area contributed by atoms with Gasteiger partial charge in [0.25, 0.3) is 5.91 Å². The number of ether oxygens (including phenoxy) is 2. The van der Waals surface area contributed by atoms with Crippen LogP contribution in [0.3, 0.4) is 0 Å². The number of fused-ring (bicyclic) bond motifs is 1. The smallest absolute Gasteiger partial charge is 0.333 e. The van der Waals surface area contributed by atoms with E-state index in [0.717, 1.165) is 19.3 Å². The van der Waals surface area contributed by atoms with Crippen molar-refractivity contribution in [2.45, 2.75) is 68.8 Å². The predicted octanol–water partition coefficient (Wildman–Crippen LogP) is 2.01. The topological polar surface area (TPSA) is 72.9 Å². The van der Waals surface area contributed by atoms with E-state index in [1.807, 2.05) is 6.92 Å². The van der Waals surface area contributed by atoms with Gasteiger partial charge in [0.1, 0.15) is 11.4 Å². The molecule has 0 aliphatic carbocycles. The first kappa shape index (κ1) is 18.0. The lowest BCUT2D eigenvalue weighted by molar-refractivity contribution is -0.178. The van der Waals surface area contributed by atoms with Crippen LogP contribution < -0.4 is 0 Å². The second kappa shape index (κ2) is 7.07. The van der Waals surface area contributed by atoms with Gasteiger partial charge in [-0.05, 0) is 20.3 Å². The summed E-state index contributed by atoms with van der Waals surface area (Å²) in [5.41, 5.74) is 0. The minimum Gasteiger partial charge on any atom is -0.428 e. The van der Waals surface area contributed by atoms with E-state index in [1.165, 1.54) is 16.7 Å². The van der Waals surface area contributed by atoms with Gasteiger partial charge in [-0.15, -0.1) is 11.8 Å².